The van der Waals surface area contributed by atoms with Crippen molar-refractivity contribution in [3.63, 3.8) is 0 Å². The molecule has 0 aromatic heterocycles. The van der Waals surface area contributed by atoms with Crippen molar-refractivity contribution in [1.29, 1.82) is 0 Å². The Bertz CT molecular complexity index is 315. The highest BCUT2D eigenvalue weighted by atomic mass is 79.9. The van der Waals surface area contributed by atoms with Crippen LogP contribution in [0, 0.1) is 5.41 Å². The summed E-state index contributed by atoms with van der Waals surface area (Å²) >= 11 is 3.43. The Morgan fingerprint density at radius 1 is 1.23 bits per heavy atom. The van der Waals surface area contributed by atoms with Crippen molar-refractivity contribution in [3.05, 3.63) is 34.3 Å². The molecule has 1 aliphatic rings. The van der Waals surface area contributed by atoms with E-state index in [-0.39, 0.29) is 5.41 Å². The Labute approximate surface area is 87.5 Å². The van der Waals surface area contributed by atoms with E-state index in [1.165, 1.54) is 5.56 Å². The van der Waals surface area contributed by atoms with Crippen LogP contribution >= 0.6 is 15.9 Å². The highest BCUT2D eigenvalue weighted by Gasteiger charge is 2.55. The lowest BCUT2D eigenvalue weighted by Crippen LogP contribution is -2.06. The van der Waals surface area contributed by atoms with Crippen LogP contribution in [-0.4, -0.2) is 6.04 Å². The summed E-state index contributed by atoms with van der Waals surface area (Å²) in [6, 6.07) is 8.80. The second kappa shape index (κ2) is 2.82. The van der Waals surface area contributed by atoms with Gasteiger partial charge in [0.2, 0.25) is 0 Å². The van der Waals surface area contributed by atoms with Crippen LogP contribution in [0.15, 0.2) is 28.7 Å². The van der Waals surface area contributed by atoms with Crippen molar-refractivity contribution in [2.75, 3.05) is 0 Å². The maximum atomic E-state index is 6.00. The molecule has 2 heteroatoms. The van der Waals surface area contributed by atoms with E-state index in [1.807, 2.05) is 0 Å². The molecule has 13 heavy (non-hydrogen) atoms. The van der Waals surface area contributed by atoms with Gasteiger partial charge < -0.3 is 5.73 Å². The average molecular weight is 240 g/mol. The highest BCUT2D eigenvalue weighted by molar-refractivity contribution is 9.10. The molecule has 2 rings (SSSR count). The van der Waals surface area contributed by atoms with E-state index < -0.39 is 0 Å². The molecule has 1 saturated carbocycles. The third-order valence-corrected chi connectivity index (χ3v) is 3.67. The Kier molecular flexibility index (Phi) is 2.00. The number of hydrogen-bond acceptors (Lipinski definition) is 1. The molecule has 1 aromatic rings. The lowest BCUT2D eigenvalue weighted by Gasteiger charge is -2.02. The van der Waals surface area contributed by atoms with Gasteiger partial charge in [0.1, 0.15) is 0 Å². The number of hydrogen-bond donors (Lipinski definition) is 1. The number of benzene rings is 1. The molecule has 0 amide bonds. The molecule has 1 aliphatic carbocycles. The summed E-state index contributed by atoms with van der Waals surface area (Å²) in [5, 5.41) is 0. The van der Waals surface area contributed by atoms with Crippen molar-refractivity contribution in [3.8, 4) is 0 Å². The normalized spacial score (nSPS) is 30.2. The first-order chi connectivity index (χ1) is 6.03. The lowest BCUT2D eigenvalue weighted by atomic mass is 10.0. The quantitative estimate of drug-likeness (QED) is 0.802. The lowest BCUT2D eigenvalue weighted by molar-refractivity contribution is 0.599. The van der Waals surface area contributed by atoms with Crippen LogP contribution in [0.5, 0.6) is 0 Å². The number of rotatable bonds is 1. The van der Waals surface area contributed by atoms with Crippen LogP contribution in [0.25, 0.3) is 0 Å². The summed E-state index contributed by atoms with van der Waals surface area (Å²) in [7, 11) is 0. The predicted octanol–water partition coefficient (Wildman–Crippen LogP) is 2.90. The predicted molar refractivity (Wildman–Crippen MR) is 58.6 cm³/mol. The average Bonchev–Trinajstić information content (AvgIpc) is 2.55. The van der Waals surface area contributed by atoms with Crippen LogP contribution < -0.4 is 5.73 Å². The minimum Gasteiger partial charge on any atom is -0.327 e. The first-order valence-corrected chi connectivity index (χ1v) is 5.34. The van der Waals surface area contributed by atoms with E-state index in [2.05, 4.69) is 54.0 Å². The second-order valence-electron chi connectivity index (χ2n) is 4.38. The highest BCUT2D eigenvalue weighted by Crippen LogP contribution is 2.57. The molecule has 0 unspecified atom stereocenters. The molecular formula is C11H14BrN. The summed E-state index contributed by atoms with van der Waals surface area (Å²) in [6.07, 6.45) is 0. The molecule has 0 saturated heterocycles. The van der Waals surface area contributed by atoms with Gasteiger partial charge in [0.15, 0.2) is 0 Å². The van der Waals surface area contributed by atoms with Gasteiger partial charge in [-0.2, -0.15) is 0 Å². The van der Waals surface area contributed by atoms with E-state index in [1.54, 1.807) is 0 Å². The van der Waals surface area contributed by atoms with Gasteiger partial charge in [-0.05, 0) is 23.1 Å². The van der Waals surface area contributed by atoms with Gasteiger partial charge in [-0.25, -0.2) is 0 Å². The zero-order chi connectivity index (χ0) is 9.64. The minimum atomic E-state index is 0.286. The zero-order valence-electron chi connectivity index (χ0n) is 7.92. The zero-order valence-corrected chi connectivity index (χ0v) is 9.51. The number of nitrogens with two attached hydrogens (primary N) is 1. The monoisotopic (exact) mass is 239 g/mol. The Morgan fingerprint density at radius 2 is 1.69 bits per heavy atom. The van der Waals surface area contributed by atoms with E-state index in [0.717, 1.165) is 4.47 Å². The van der Waals surface area contributed by atoms with Gasteiger partial charge in [-0.15, -0.1) is 0 Å². The smallest absolute Gasteiger partial charge is 0.0175 e. The third-order valence-electron chi connectivity index (χ3n) is 3.14. The fourth-order valence-electron chi connectivity index (χ4n) is 1.98. The van der Waals surface area contributed by atoms with Crippen LogP contribution in [0.4, 0.5) is 0 Å². The van der Waals surface area contributed by atoms with Crippen molar-refractivity contribution >= 4 is 15.9 Å². The summed E-state index contributed by atoms with van der Waals surface area (Å²) in [6.45, 7) is 4.45. The minimum absolute atomic E-state index is 0.286. The van der Waals surface area contributed by atoms with Crippen molar-refractivity contribution in [2.24, 2.45) is 11.1 Å². The first kappa shape index (κ1) is 9.22. The SMILES string of the molecule is CC1(C)[C@@H](N)[C@@H]1c1ccc(Br)cc1. The Morgan fingerprint density at radius 3 is 2.08 bits per heavy atom. The number of halogens is 1. The van der Waals surface area contributed by atoms with Gasteiger partial charge in [-0.3, -0.25) is 0 Å². The van der Waals surface area contributed by atoms with Gasteiger partial charge in [0.25, 0.3) is 0 Å². The van der Waals surface area contributed by atoms with E-state index in [9.17, 15) is 0 Å². The Balaban J connectivity index is 2.25. The van der Waals surface area contributed by atoms with Crippen LogP contribution in [-0.2, 0) is 0 Å². The molecule has 70 valence electrons. The largest absolute Gasteiger partial charge is 0.327 e. The van der Waals surface area contributed by atoms with E-state index in [4.69, 9.17) is 5.73 Å². The second-order valence-corrected chi connectivity index (χ2v) is 5.29. The molecule has 1 fully saturated rings. The summed E-state index contributed by atoms with van der Waals surface area (Å²) in [5.41, 5.74) is 7.65. The molecule has 2 N–H and O–H groups in total. The van der Waals surface area contributed by atoms with Crippen molar-refractivity contribution in [1.82, 2.24) is 0 Å². The molecular weight excluding hydrogens is 226 g/mol. The van der Waals surface area contributed by atoms with E-state index in [0.29, 0.717) is 12.0 Å². The molecule has 0 heterocycles. The molecule has 1 nitrogen and oxygen atoms in total. The molecule has 0 spiro atoms. The van der Waals surface area contributed by atoms with E-state index >= 15 is 0 Å². The Hall–Kier alpha value is -0.340. The fraction of sp³-hybridized carbons (Fsp3) is 0.455. The van der Waals surface area contributed by atoms with Gasteiger partial charge in [0.05, 0.1) is 0 Å². The molecule has 2 atom stereocenters. The molecule has 1 aromatic carbocycles. The third kappa shape index (κ3) is 1.42. The topological polar surface area (TPSA) is 26.0 Å². The fourth-order valence-corrected chi connectivity index (χ4v) is 2.25. The maximum Gasteiger partial charge on any atom is 0.0175 e. The van der Waals surface area contributed by atoms with Gasteiger partial charge >= 0.3 is 0 Å². The molecule has 0 radical (unpaired) electrons. The van der Waals surface area contributed by atoms with Crippen LogP contribution in [0.2, 0.25) is 0 Å². The molecule has 0 aliphatic heterocycles. The summed E-state index contributed by atoms with van der Waals surface area (Å²) in [4.78, 5) is 0. The van der Waals surface area contributed by atoms with Gasteiger partial charge in [-0.1, -0.05) is 41.9 Å². The first-order valence-electron chi connectivity index (χ1n) is 4.54. The van der Waals surface area contributed by atoms with Crippen LogP contribution in [0.1, 0.15) is 25.3 Å². The molecule has 0 bridgehead atoms. The maximum absolute atomic E-state index is 6.00. The van der Waals surface area contributed by atoms with Gasteiger partial charge in [0, 0.05) is 16.4 Å². The van der Waals surface area contributed by atoms with Crippen LogP contribution in [0.3, 0.4) is 0 Å². The summed E-state index contributed by atoms with van der Waals surface area (Å²) in [5.74, 6) is 0.542. The van der Waals surface area contributed by atoms with Crippen molar-refractivity contribution < 1.29 is 0 Å². The summed E-state index contributed by atoms with van der Waals surface area (Å²) < 4.78 is 1.13. The van der Waals surface area contributed by atoms with Crippen molar-refractivity contribution in [2.45, 2.75) is 25.8 Å². The standard InChI is InChI=1S/C11H14BrN/c1-11(2)9(10(11)13)7-3-5-8(12)6-4-7/h3-6,9-10H,13H2,1-2H3/t9-,10-/m0/s1.